The van der Waals surface area contributed by atoms with Gasteiger partial charge in [0.1, 0.15) is 0 Å². The van der Waals surface area contributed by atoms with E-state index in [1.54, 1.807) is 11.1 Å². The smallest absolute Gasteiger partial charge is 0.0540 e. The Kier molecular flexibility index (Phi) is 7.71. The second kappa shape index (κ2) is 13.8. The number of fused-ring (bicyclic) bond motifs is 5. The Bertz CT molecular complexity index is 3710. The molecule has 4 bridgehead atoms. The second-order valence-corrected chi connectivity index (χ2v) is 20.0. The Morgan fingerprint density at radius 1 is 0.318 bits per heavy atom. The van der Waals surface area contributed by atoms with E-state index in [0.717, 1.165) is 29.4 Å². The molecule has 11 aromatic rings. The van der Waals surface area contributed by atoms with Crippen LogP contribution in [0, 0.1) is 23.7 Å². The van der Waals surface area contributed by atoms with Gasteiger partial charge in [-0.15, -0.1) is 0 Å². The first-order valence-corrected chi connectivity index (χ1v) is 24.3. The number of rotatable bonds is 6. The minimum absolute atomic E-state index is 0.131. The van der Waals surface area contributed by atoms with E-state index in [9.17, 15) is 0 Å². The van der Waals surface area contributed by atoms with Crippen LogP contribution < -0.4 is 9.80 Å². The van der Waals surface area contributed by atoms with Crippen LogP contribution >= 0.6 is 0 Å². The van der Waals surface area contributed by atoms with Gasteiger partial charge in [0.2, 0.25) is 0 Å². The van der Waals surface area contributed by atoms with E-state index >= 15 is 0 Å². The maximum atomic E-state index is 2.59. The lowest BCUT2D eigenvalue weighted by Gasteiger charge is -2.61. The molecule has 0 N–H and O–H groups in total. The maximum absolute atomic E-state index is 2.59. The van der Waals surface area contributed by atoms with Gasteiger partial charge in [0.25, 0.3) is 0 Å². The summed E-state index contributed by atoms with van der Waals surface area (Å²) in [6, 6.07) is 78.1. The van der Waals surface area contributed by atoms with Crippen LogP contribution in [0.1, 0.15) is 43.2 Å². The van der Waals surface area contributed by atoms with Gasteiger partial charge in [0.15, 0.2) is 0 Å². The number of para-hydroxylation sites is 1. The molecule has 0 aromatic heterocycles. The highest BCUT2D eigenvalue weighted by molar-refractivity contribution is 6.28. The molecule has 1 spiro atoms. The monoisotopic (exact) mass is 844 g/mol. The van der Waals surface area contributed by atoms with Crippen molar-refractivity contribution in [1.82, 2.24) is 0 Å². The molecule has 0 saturated heterocycles. The maximum Gasteiger partial charge on any atom is 0.0540 e. The zero-order valence-corrected chi connectivity index (χ0v) is 36.9. The summed E-state index contributed by atoms with van der Waals surface area (Å²) in [5.41, 5.74) is 13.3. The van der Waals surface area contributed by atoms with Crippen molar-refractivity contribution >= 4 is 88.0 Å². The number of nitrogens with zero attached hydrogens (tertiary/aromatic N) is 2. The average Bonchev–Trinajstić information content (AvgIpc) is 3.66. The van der Waals surface area contributed by atoms with E-state index in [1.807, 2.05) is 0 Å². The Balaban J connectivity index is 0.973. The second-order valence-electron chi connectivity index (χ2n) is 20.0. The van der Waals surface area contributed by atoms with E-state index < -0.39 is 0 Å². The van der Waals surface area contributed by atoms with Crippen molar-refractivity contribution in [2.45, 2.75) is 37.5 Å². The topological polar surface area (TPSA) is 6.48 Å². The molecule has 2 heteroatoms. The predicted molar refractivity (Wildman–Crippen MR) is 278 cm³/mol. The van der Waals surface area contributed by atoms with E-state index in [2.05, 4.69) is 216 Å². The third-order valence-electron chi connectivity index (χ3n) is 16.9. The quantitative estimate of drug-likeness (QED) is 0.154. The van der Waals surface area contributed by atoms with Crippen LogP contribution in [0.15, 0.2) is 206 Å². The minimum atomic E-state index is 0.131. The van der Waals surface area contributed by atoms with Crippen LogP contribution in [0.3, 0.4) is 0 Å². The fraction of sp³-hybridized carbons (Fsp3) is 0.156. The number of anilines is 6. The SMILES string of the molecule is c1ccc(N(c2cccc3ccccc23)c2ccc3ccc4c(N(c5ccc6c(c5)-c5ccccc5C65C6CC7CC(C6)CC5C7)c5cccc6ccccc56)ccc5ccc2c3c54)cc1. The summed E-state index contributed by atoms with van der Waals surface area (Å²) >= 11 is 0. The third-order valence-corrected chi connectivity index (χ3v) is 16.9. The number of hydrogen-bond acceptors (Lipinski definition) is 2. The summed E-state index contributed by atoms with van der Waals surface area (Å²) in [6.45, 7) is 0. The van der Waals surface area contributed by atoms with E-state index in [0.29, 0.717) is 0 Å². The largest absolute Gasteiger partial charge is 0.309 e. The van der Waals surface area contributed by atoms with Crippen molar-refractivity contribution in [2.24, 2.45) is 23.7 Å². The lowest BCUT2D eigenvalue weighted by molar-refractivity contribution is -0.0399. The molecule has 4 saturated carbocycles. The first-order chi connectivity index (χ1) is 32.7. The minimum Gasteiger partial charge on any atom is -0.309 e. The van der Waals surface area contributed by atoms with Gasteiger partial charge in [0, 0.05) is 38.3 Å². The van der Waals surface area contributed by atoms with Gasteiger partial charge in [-0.2, -0.15) is 0 Å². The molecule has 0 amide bonds. The molecule has 0 aliphatic heterocycles. The Hall–Kier alpha value is -7.42. The van der Waals surface area contributed by atoms with E-state index in [-0.39, 0.29) is 5.41 Å². The first kappa shape index (κ1) is 36.9. The molecule has 0 unspecified atom stereocenters. The van der Waals surface area contributed by atoms with Crippen LogP contribution in [0.25, 0.3) is 65.0 Å². The standard InChI is InChI=1S/C64H48N2/c1-2-16-48(17-3-1)65(58-22-10-14-42-12-4-6-18-50(42)58)60-32-26-44-25-30-54-61(33-27-45-24-29-53(60)62(44)63(45)54)66(59-23-11-15-43-13-5-7-19-51(43)59)49-28-31-57-55(39-49)52-20-8-9-21-56(52)64(57)46-35-40-34-41(37-46)38-47(64)36-40/h1-33,39-41,46-47H,34-38H2. The fourth-order valence-electron chi connectivity index (χ4n) is 14.6. The molecule has 2 nitrogen and oxygen atoms in total. The molecule has 11 aromatic carbocycles. The fourth-order valence-corrected chi connectivity index (χ4v) is 14.6. The summed E-state index contributed by atoms with van der Waals surface area (Å²) in [4.78, 5) is 5.06. The Morgan fingerprint density at radius 3 is 1.42 bits per heavy atom. The summed E-state index contributed by atoms with van der Waals surface area (Å²) < 4.78 is 0. The van der Waals surface area contributed by atoms with Crippen LogP contribution in [-0.4, -0.2) is 0 Å². The molecule has 5 aliphatic carbocycles. The Morgan fingerprint density at radius 2 is 0.803 bits per heavy atom. The zero-order valence-electron chi connectivity index (χ0n) is 36.9. The highest BCUT2D eigenvalue weighted by Gasteiger charge is 2.61. The molecule has 314 valence electrons. The summed E-state index contributed by atoms with van der Waals surface area (Å²) in [5, 5.41) is 12.6. The molecule has 0 radical (unpaired) electrons. The highest BCUT2D eigenvalue weighted by Crippen LogP contribution is 2.69. The lowest BCUT2D eigenvalue weighted by atomic mass is 9.43. The normalized spacial score (nSPS) is 21.4. The molecular formula is C64H48N2. The molecule has 16 rings (SSSR count). The molecule has 4 fully saturated rings. The molecule has 0 heterocycles. The van der Waals surface area contributed by atoms with Gasteiger partial charge in [-0.05, 0) is 159 Å². The van der Waals surface area contributed by atoms with Gasteiger partial charge >= 0.3 is 0 Å². The van der Waals surface area contributed by atoms with Gasteiger partial charge in [-0.25, -0.2) is 0 Å². The highest BCUT2D eigenvalue weighted by atomic mass is 15.2. The van der Waals surface area contributed by atoms with Crippen molar-refractivity contribution in [3.63, 3.8) is 0 Å². The zero-order chi connectivity index (χ0) is 43.1. The van der Waals surface area contributed by atoms with E-state index in [1.165, 1.54) is 126 Å². The third kappa shape index (κ3) is 5.02. The van der Waals surface area contributed by atoms with Crippen LogP contribution in [-0.2, 0) is 5.41 Å². The Labute approximate surface area is 385 Å². The van der Waals surface area contributed by atoms with Crippen LogP contribution in [0.2, 0.25) is 0 Å². The van der Waals surface area contributed by atoms with Crippen molar-refractivity contribution in [1.29, 1.82) is 0 Å². The van der Waals surface area contributed by atoms with Crippen LogP contribution in [0.5, 0.6) is 0 Å². The summed E-state index contributed by atoms with van der Waals surface area (Å²) in [7, 11) is 0. The van der Waals surface area contributed by atoms with Gasteiger partial charge < -0.3 is 9.80 Å². The number of hydrogen-bond donors (Lipinski definition) is 0. The molecule has 66 heavy (non-hydrogen) atoms. The van der Waals surface area contributed by atoms with Gasteiger partial charge in [0.05, 0.1) is 22.7 Å². The summed E-state index contributed by atoms with van der Waals surface area (Å²) in [5.74, 6) is 3.30. The predicted octanol–water partition coefficient (Wildman–Crippen LogP) is 17.6. The van der Waals surface area contributed by atoms with Gasteiger partial charge in [-0.3, -0.25) is 0 Å². The van der Waals surface area contributed by atoms with Gasteiger partial charge in [-0.1, -0.05) is 158 Å². The first-order valence-electron chi connectivity index (χ1n) is 24.3. The van der Waals surface area contributed by atoms with E-state index in [4.69, 9.17) is 0 Å². The molecule has 5 aliphatic rings. The van der Waals surface area contributed by atoms with Crippen molar-refractivity contribution in [3.05, 3.63) is 217 Å². The number of benzene rings is 11. The molecular weight excluding hydrogens is 797 g/mol. The molecule has 0 atom stereocenters. The van der Waals surface area contributed by atoms with Crippen molar-refractivity contribution < 1.29 is 0 Å². The summed E-state index contributed by atoms with van der Waals surface area (Å²) in [6.07, 6.45) is 7.02. The van der Waals surface area contributed by atoms with Crippen molar-refractivity contribution in [2.75, 3.05) is 9.80 Å². The average molecular weight is 845 g/mol. The van der Waals surface area contributed by atoms with Crippen LogP contribution in [0.4, 0.5) is 34.1 Å². The van der Waals surface area contributed by atoms with Crippen molar-refractivity contribution in [3.8, 4) is 11.1 Å². The lowest BCUT2D eigenvalue weighted by Crippen LogP contribution is -2.55.